The fraction of sp³-hybridized carbons (Fsp3) is 0.406. The monoisotopic (exact) mass is 639 g/mol. The third kappa shape index (κ3) is 4.40. The zero-order valence-electron chi connectivity index (χ0n) is 24.8. The van der Waals surface area contributed by atoms with E-state index >= 15 is 0 Å². The minimum Gasteiger partial charge on any atom is -0.508 e. The van der Waals surface area contributed by atoms with Gasteiger partial charge in [0, 0.05) is 17.7 Å². The van der Waals surface area contributed by atoms with Gasteiger partial charge in [0.1, 0.15) is 35.9 Å². The SMILES string of the molecule is COc1cc(CCO)c2c(c1OC)O[C@H]1c3c(-c4cccc(O)c4)cc4c(c3OC[C@@H]21)NC[C@@]1(O4)O[C@H](C(=O)O)[C@@H](O)[C@H](O)[C@H]1O. The maximum Gasteiger partial charge on any atom is 0.335 e. The second-order valence-electron chi connectivity index (χ2n) is 11.6. The molecule has 7 N–H and O–H groups in total. The molecule has 0 saturated carbocycles. The molecule has 7 rings (SSSR count). The van der Waals surface area contributed by atoms with E-state index in [0.29, 0.717) is 51.8 Å². The van der Waals surface area contributed by atoms with Crippen LogP contribution in [0.3, 0.4) is 0 Å². The Hall–Kier alpha value is -4.47. The Kier molecular flexibility index (Phi) is 7.29. The summed E-state index contributed by atoms with van der Waals surface area (Å²) in [4.78, 5) is 11.9. The summed E-state index contributed by atoms with van der Waals surface area (Å²) >= 11 is 0. The van der Waals surface area contributed by atoms with Gasteiger partial charge < -0.3 is 64.4 Å². The number of aliphatic carboxylic acids is 1. The largest absolute Gasteiger partial charge is 0.508 e. The van der Waals surface area contributed by atoms with Gasteiger partial charge in [-0.05, 0) is 47.4 Å². The number of hydrogen-bond donors (Lipinski definition) is 7. The van der Waals surface area contributed by atoms with Gasteiger partial charge in [-0.25, -0.2) is 4.79 Å². The highest BCUT2D eigenvalue weighted by Crippen LogP contribution is 2.62. The quantitative estimate of drug-likeness (QED) is 0.203. The number of hydrogen-bond acceptors (Lipinski definition) is 13. The number of phenols is 1. The summed E-state index contributed by atoms with van der Waals surface area (Å²) in [5.74, 6) is -2.20. The normalized spacial score (nSPS) is 28.7. The van der Waals surface area contributed by atoms with Gasteiger partial charge in [-0.1, -0.05) is 12.1 Å². The first-order valence-electron chi connectivity index (χ1n) is 14.7. The van der Waals surface area contributed by atoms with Gasteiger partial charge in [0.25, 0.3) is 5.79 Å². The number of carboxylic acid groups (broad SMARTS) is 1. The first-order chi connectivity index (χ1) is 22.1. The first-order valence-corrected chi connectivity index (χ1v) is 14.7. The highest BCUT2D eigenvalue weighted by atomic mass is 16.7. The number of carboxylic acids is 1. The topological polar surface area (TPSA) is 206 Å². The van der Waals surface area contributed by atoms with Crippen LogP contribution in [0.15, 0.2) is 36.4 Å². The lowest BCUT2D eigenvalue weighted by atomic mass is 9.82. The molecule has 4 heterocycles. The predicted octanol–water partition coefficient (Wildman–Crippen LogP) is 1.29. The van der Waals surface area contributed by atoms with E-state index in [4.69, 9.17) is 28.4 Å². The molecule has 0 aromatic heterocycles. The van der Waals surface area contributed by atoms with Crippen molar-refractivity contribution >= 4 is 11.7 Å². The number of aromatic hydroxyl groups is 1. The van der Waals surface area contributed by atoms with Crippen LogP contribution >= 0.6 is 0 Å². The predicted molar refractivity (Wildman–Crippen MR) is 158 cm³/mol. The highest BCUT2D eigenvalue weighted by molar-refractivity contribution is 5.84. The molecule has 4 aliphatic heterocycles. The van der Waals surface area contributed by atoms with E-state index in [1.807, 2.05) is 6.07 Å². The van der Waals surface area contributed by atoms with E-state index in [2.05, 4.69) is 5.32 Å². The molecule has 0 aliphatic carbocycles. The number of fused-ring (bicyclic) bond motifs is 7. The number of aliphatic hydroxyl groups is 4. The molecule has 46 heavy (non-hydrogen) atoms. The van der Waals surface area contributed by atoms with Crippen LogP contribution in [-0.2, 0) is 16.0 Å². The van der Waals surface area contributed by atoms with Crippen molar-refractivity contribution in [3.63, 3.8) is 0 Å². The van der Waals surface area contributed by atoms with Crippen LogP contribution in [-0.4, -0.2) is 101 Å². The van der Waals surface area contributed by atoms with Gasteiger partial charge in [-0.3, -0.25) is 0 Å². The van der Waals surface area contributed by atoms with Gasteiger partial charge in [0.15, 0.2) is 29.1 Å². The number of ether oxygens (including phenoxy) is 6. The summed E-state index contributed by atoms with van der Waals surface area (Å²) in [6, 6.07) is 9.95. The Balaban J connectivity index is 1.39. The lowest BCUT2D eigenvalue weighted by molar-refractivity contribution is -0.325. The fourth-order valence-corrected chi connectivity index (χ4v) is 6.93. The van der Waals surface area contributed by atoms with Crippen molar-refractivity contribution in [3.8, 4) is 45.6 Å². The Bertz CT molecular complexity index is 1710. The zero-order chi connectivity index (χ0) is 32.5. The molecule has 0 bridgehead atoms. The number of nitrogens with one attached hydrogen (secondary N) is 1. The van der Waals surface area contributed by atoms with Crippen LogP contribution in [0.4, 0.5) is 5.69 Å². The lowest BCUT2D eigenvalue weighted by Gasteiger charge is -2.49. The molecule has 3 aromatic rings. The summed E-state index contributed by atoms with van der Waals surface area (Å²) < 4.78 is 36.2. The minimum absolute atomic E-state index is 0.00697. The van der Waals surface area contributed by atoms with Crippen molar-refractivity contribution in [1.82, 2.24) is 0 Å². The fourth-order valence-electron chi connectivity index (χ4n) is 6.93. The van der Waals surface area contributed by atoms with E-state index in [1.54, 1.807) is 24.3 Å². The van der Waals surface area contributed by atoms with Crippen LogP contribution in [0.1, 0.15) is 28.7 Å². The number of methoxy groups -OCH3 is 2. The summed E-state index contributed by atoms with van der Waals surface area (Å²) in [5.41, 5.74) is 3.70. The second kappa shape index (κ2) is 11.1. The molecule has 0 radical (unpaired) electrons. The number of phenolic OH excluding ortho intramolecular Hbond substituents is 1. The van der Waals surface area contributed by atoms with Crippen LogP contribution in [0.5, 0.6) is 34.5 Å². The molecule has 4 aliphatic rings. The maximum absolute atomic E-state index is 11.9. The Morgan fingerprint density at radius 3 is 2.57 bits per heavy atom. The number of anilines is 1. The smallest absolute Gasteiger partial charge is 0.335 e. The Morgan fingerprint density at radius 2 is 1.87 bits per heavy atom. The second-order valence-corrected chi connectivity index (χ2v) is 11.6. The Morgan fingerprint density at radius 1 is 1.07 bits per heavy atom. The van der Waals surface area contributed by atoms with Crippen molar-refractivity contribution in [3.05, 3.63) is 53.1 Å². The van der Waals surface area contributed by atoms with Gasteiger partial charge in [-0.15, -0.1) is 0 Å². The van der Waals surface area contributed by atoms with Crippen LogP contribution in [0, 0.1) is 0 Å². The van der Waals surface area contributed by atoms with Gasteiger partial charge in [0.2, 0.25) is 5.75 Å². The maximum atomic E-state index is 11.9. The third-order valence-electron chi connectivity index (χ3n) is 9.04. The average molecular weight is 640 g/mol. The molecule has 1 saturated heterocycles. The van der Waals surface area contributed by atoms with E-state index in [-0.39, 0.29) is 37.2 Å². The van der Waals surface area contributed by atoms with Gasteiger partial charge in [0.05, 0.1) is 33.3 Å². The summed E-state index contributed by atoms with van der Waals surface area (Å²) in [7, 11) is 3.03. The number of aliphatic hydroxyl groups excluding tert-OH is 4. The van der Waals surface area contributed by atoms with E-state index in [9.17, 15) is 35.4 Å². The van der Waals surface area contributed by atoms with Crippen molar-refractivity contribution in [2.45, 2.75) is 48.6 Å². The zero-order valence-corrected chi connectivity index (χ0v) is 24.8. The van der Waals surface area contributed by atoms with Crippen molar-refractivity contribution < 1.29 is 63.9 Å². The standard InChI is InChI=1S/C32H33NO13/c1-41-19-9-14(6-7-34)20-17-11-43-27-21(25(17)44-28(20)26(19)42-2)16(13-4-3-5-15(35)8-13)10-18-22(27)33-12-32(45-18)30(38)24(37)23(36)29(46-32)31(39)40/h3-5,8-10,17,23-25,29-30,33-38H,6-7,11-12H2,1-2H3,(H,39,40)/t17-,23-,24-,25+,29-,30+,32+/m0/s1. The molecular weight excluding hydrogens is 606 g/mol. The average Bonchev–Trinajstić information content (AvgIpc) is 3.44. The first kappa shape index (κ1) is 30.2. The summed E-state index contributed by atoms with van der Waals surface area (Å²) in [6.07, 6.45) is -7.78. The molecule has 14 heteroatoms. The minimum atomic E-state index is -2.08. The van der Waals surface area contributed by atoms with Crippen molar-refractivity contribution in [1.29, 1.82) is 0 Å². The number of benzene rings is 3. The molecule has 244 valence electrons. The van der Waals surface area contributed by atoms with E-state index in [1.165, 1.54) is 20.3 Å². The number of rotatable bonds is 6. The van der Waals surface area contributed by atoms with E-state index < -0.39 is 42.3 Å². The molecule has 3 aromatic carbocycles. The van der Waals surface area contributed by atoms with Gasteiger partial charge >= 0.3 is 5.97 Å². The van der Waals surface area contributed by atoms with Crippen LogP contribution < -0.4 is 29.0 Å². The van der Waals surface area contributed by atoms with Crippen molar-refractivity contribution in [2.24, 2.45) is 0 Å². The molecule has 7 atom stereocenters. The summed E-state index contributed by atoms with van der Waals surface area (Å²) in [6.45, 7) is -0.256. The molecule has 1 fully saturated rings. The number of carbonyl (C=O) groups is 1. The van der Waals surface area contributed by atoms with Gasteiger partial charge in [-0.2, -0.15) is 0 Å². The molecule has 0 unspecified atom stereocenters. The lowest BCUT2D eigenvalue weighted by Crippen LogP contribution is -2.71. The third-order valence-corrected chi connectivity index (χ3v) is 9.04. The highest BCUT2D eigenvalue weighted by Gasteiger charge is 2.59. The Labute approximate surface area is 262 Å². The van der Waals surface area contributed by atoms with E-state index in [0.717, 1.165) is 11.1 Å². The molecule has 1 spiro atoms. The molecule has 14 nitrogen and oxygen atoms in total. The van der Waals surface area contributed by atoms with Crippen LogP contribution in [0.2, 0.25) is 0 Å². The molecular formula is C32H33NO13. The molecule has 0 amide bonds. The summed E-state index contributed by atoms with van der Waals surface area (Å²) in [5, 5.41) is 64.9. The van der Waals surface area contributed by atoms with Crippen molar-refractivity contribution in [2.75, 3.05) is 39.3 Å². The van der Waals surface area contributed by atoms with Crippen LogP contribution in [0.25, 0.3) is 11.1 Å².